The van der Waals surface area contributed by atoms with Crippen molar-refractivity contribution < 1.29 is 18.7 Å². The zero-order valence-corrected chi connectivity index (χ0v) is 15.3. The summed E-state index contributed by atoms with van der Waals surface area (Å²) in [5.41, 5.74) is 0.807. The maximum atomic E-state index is 13.2. The smallest absolute Gasteiger partial charge is 0.255 e. The minimum Gasteiger partial charge on any atom is -0.497 e. The van der Waals surface area contributed by atoms with Gasteiger partial charge in [0, 0.05) is 17.4 Å². The van der Waals surface area contributed by atoms with Crippen LogP contribution in [0.4, 0.5) is 15.9 Å². The number of anilines is 2. The summed E-state index contributed by atoms with van der Waals surface area (Å²) in [4.78, 5) is 16.5. The van der Waals surface area contributed by atoms with Crippen molar-refractivity contribution in [3.05, 3.63) is 78.2 Å². The summed E-state index contributed by atoms with van der Waals surface area (Å²) in [5, 5.41) is 5.76. The van der Waals surface area contributed by atoms with Gasteiger partial charge in [-0.2, -0.15) is 0 Å². The Balaban J connectivity index is 1.50. The summed E-state index contributed by atoms with van der Waals surface area (Å²) in [6.07, 6.45) is 1.53. The first-order valence-corrected chi connectivity index (χ1v) is 8.68. The number of benzene rings is 2. The fourth-order valence-electron chi connectivity index (χ4n) is 2.46. The van der Waals surface area contributed by atoms with Gasteiger partial charge in [-0.15, -0.1) is 0 Å². The number of nitrogens with one attached hydrogen (secondary N) is 2. The van der Waals surface area contributed by atoms with Crippen molar-refractivity contribution in [3.8, 4) is 11.5 Å². The van der Waals surface area contributed by atoms with Crippen LogP contribution in [0.2, 0.25) is 0 Å². The van der Waals surface area contributed by atoms with Crippen LogP contribution >= 0.6 is 0 Å². The molecular weight excluding hydrogens is 361 g/mol. The molecule has 28 heavy (non-hydrogen) atoms. The Labute approximate surface area is 162 Å². The van der Waals surface area contributed by atoms with Crippen LogP contribution < -0.4 is 20.1 Å². The van der Waals surface area contributed by atoms with Gasteiger partial charge in [0.2, 0.25) is 0 Å². The lowest BCUT2D eigenvalue weighted by Crippen LogP contribution is -2.15. The van der Waals surface area contributed by atoms with Crippen molar-refractivity contribution in [1.29, 1.82) is 0 Å². The summed E-state index contributed by atoms with van der Waals surface area (Å²) in [7, 11) is 1.61. The van der Waals surface area contributed by atoms with E-state index in [2.05, 4.69) is 15.6 Å². The van der Waals surface area contributed by atoms with E-state index in [1.54, 1.807) is 25.3 Å². The van der Waals surface area contributed by atoms with E-state index < -0.39 is 5.82 Å². The van der Waals surface area contributed by atoms with E-state index in [1.807, 2.05) is 24.3 Å². The summed E-state index contributed by atoms with van der Waals surface area (Å²) in [6.45, 7) is 0.932. The Hall–Kier alpha value is -3.61. The van der Waals surface area contributed by atoms with Crippen LogP contribution in [-0.4, -0.2) is 31.2 Å². The predicted molar refractivity (Wildman–Crippen MR) is 106 cm³/mol. The number of hydrogen-bond donors (Lipinski definition) is 2. The molecule has 1 amide bonds. The summed E-state index contributed by atoms with van der Waals surface area (Å²) in [5.74, 6) is 1.30. The first kappa shape index (κ1) is 19.2. The molecule has 3 rings (SSSR count). The Kier molecular flexibility index (Phi) is 6.41. The van der Waals surface area contributed by atoms with E-state index in [0.717, 1.165) is 11.5 Å². The predicted octanol–water partition coefficient (Wildman–Crippen LogP) is 3.97. The van der Waals surface area contributed by atoms with Crippen LogP contribution in [0.1, 0.15) is 10.4 Å². The van der Waals surface area contributed by atoms with Gasteiger partial charge in [-0.1, -0.05) is 6.07 Å². The molecule has 2 N–H and O–H groups in total. The maximum absolute atomic E-state index is 13.2. The number of carbonyl (C=O) groups excluding carboxylic acids is 1. The van der Waals surface area contributed by atoms with E-state index in [-0.39, 0.29) is 5.91 Å². The van der Waals surface area contributed by atoms with Crippen LogP contribution in [-0.2, 0) is 0 Å². The molecular formula is C21H20FN3O3. The molecule has 0 aliphatic heterocycles. The number of aromatic nitrogens is 1. The highest BCUT2D eigenvalue weighted by Crippen LogP contribution is 2.17. The Morgan fingerprint density at radius 3 is 2.61 bits per heavy atom. The molecule has 2 aromatic carbocycles. The normalized spacial score (nSPS) is 10.2. The molecule has 6 nitrogen and oxygen atoms in total. The lowest BCUT2D eigenvalue weighted by Gasteiger charge is -2.10. The average molecular weight is 381 g/mol. The molecule has 0 atom stereocenters. The first-order chi connectivity index (χ1) is 13.6. The number of hydrogen-bond acceptors (Lipinski definition) is 5. The number of carbonyl (C=O) groups is 1. The minimum absolute atomic E-state index is 0.342. The van der Waals surface area contributed by atoms with Crippen molar-refractivity contribution in [2.75, 3.05) is 30.9 Å². The van der Waals surface area contributed by atoms with Gasteiger partial charge in [0.05, 0.1) is 13.7 Å². The van der Waals surface area contributed by atoms with E-state index in [4.69, 9.17) is 9.47 Å². The number of halogens is 1. The van der Waals surface area contributed by atoms with Crippen molar-refractivity contribution in [2.45, 2.75) is 0 Å². The van der Waals surface area contributed by atoms with Gasteiger partial charge in [-0.05, 0) is 54.6 Å². The van der Waals surface area contributed by atoms with E-state index in [0.29, 0.717) is 30.2 Å². The van der Waals surface area contributed by atoms with Crippen molar-refractivity contribution in [2.24, 2.45) is 0 Å². The highest BCUT2D eigenvalue weighted by molar-refractivity contribution is 6.04. The highest BCUT2D eigenvalue weighted by Gasteiger charge is 2.08. The number of methoxy groups -OCH3 is 1. The molecule has 0 aliphatic rings. The minimum atomic E-state index is -0.410. The third-order valence-electron chi connectivity index (χ3n) is 3.84. The second-order valence-corrected chi connectivity index (χ2v) is 5.84. The quantitative estimate of drug-likeness (QED) is 0.578. The fourth-order valence-corrected chi connectivity index (χ4v) is 2.46. The maximum Gasteiger partial charge on any atom is 0.255 e. The molecule has 0 aliphatic carbocycles. The van der Waals surface area contributed by atoms with E-state index >= 15 is 0 Å². The lowest BCUT2D eigenvalue weighted by molar-refractivity contribution is 0.102. The number of amides is 1. The van der Waals surface area contributed by atoms with Crippen LogP contribution in [0.15, 0.2) is 66.9 Å². The van der Waals surface area contributed by atoms with Crippen LogP contribution in [0, 0.1) is 5.82 Å². The Morgan fingerprint density at radius 1 is 1.07 bits per heavy atom. The van der Waals surface area contributed by atoms with Crippen LogP contribution in [0.25, 0.3) is 0 Å². The molecule has 0 saturated carbocycles. The lowest BCUT2D eigenvalue weighted by atomic mass is 10.2. The first-order valence-electron chi connectivity index (χ1n) is 8.68. The molecule has 0 saturated heterocycles. The largest absolute Gasteiger partial charge is 0.497 e. The molecule has 0 fully saturated rings. The number of rotatable bonds is 8. The van der Waals surface area contributed by atoms with Crippen molar-refractivity contribution in [3.63, 3.8) is 0 Å². The van der Waals surface area contributed by atoms with Gasteiger partial charge < -0.3 is 20.1 Å². The van der Waals surface area contributed by atoms with Crippen LogP contribution in [0.3, 0.4) is 0 Å². The van der Waals surface area contributed by atoms with Crippen molar-refractivity contribution >= 4 is 17.4 Å². The van der Waals surface area contributed by atoms with Gasteiger partial charge >= 0.3 is 0 Å². The second-order valence-electron chi connectivity index (χ2n) is 5.84. The Bertz CT molecular complexity index is 932. The molecule has 0 bridgehead atoms. The second kappa shape index (κ2) is 9.36. The average Bonchev–Trinajstić information content (AvgIpc) is 2.72. The molecule has 0 radical (unpaired) electrons. The number of ether oxygens (including phenoxy) is 2. The molecule has 3 aromatic rings. The zero-order valence-electron chi connectivity index (χ0n) is 15.3. The Morgan fingerprint density at radius 2 is 1.86 bits per heavy atom. The molecule has 0 spiro atoms. The highest BCUT2D eigenvalue weighted by atomic mass is 19.1. The van der Waals surface area contributed by atoms with E-state index in [9.17, 15) is 9.18 Å². The van der Waals surface area contributed by atoms with Crippen LogP contribution in [0.5, 0.6) is 11.5 Å². The van der Waals surface area contributed by atoms with Gasteiger partial charge in [0.15, 0.2) is 0 Å². The molecule has 7 heteroatoms. The van der Waals surface area contributed by atoms with Gasteiger partial charge in [-0.3, -0.25) is 4.79 Å². The summed E-state index contributed by atoms with van der Waals surface area (Å²) in [6, 6.07) is 16.3. The number of nitrogens with zero attached hydrogens (tertiary/aromatic N) is 1. The fraction of sp³-hybridized carbons (Fsp3) is 0.143. The van der Waals surface area contributed by atoms with E-state index in [1.165, 1.54) is 24.4 Å². The molecule has 0 unspecified atom stereocenters. The van der Waals surface area contributed by atoms with Gasteiger partial charge in [-0.25, -0.2) is 9.37 Å². The SMILES string of the molecule is COc1ccc(OCCNc2cc(C(=O)Nc3cccc(F)c3)ccn2)cc1. The topological polar surface area (TPSA) is 72.5 Å². The number of pyridine rings is 1. The summed E-state index contributed by atoms with van der Waals surface area (Å²) < 4.78 is 24.0. The van der Waals surface area contributed by atoms with Gasteiger partial charge in [0.25, 0.3) is 5.91 Å². The molecule has 1 aromatic heterocycles. The third-order valence-corrected chi connectivity index (χ3v) is 3.84. The zero-order chi connectivity index (χ0) is 19.8. The monoisotopic (exact) mass is 381 g/mol. The third kappa shape index (κ3) is 5.44. The molecule has 144 valence electrons. The standard InChI is InChI=1S/C21H20FN3O3/c1-27-18-5-7-19(8-6-18)28-12-11-24-20-13-15(9-10-23-20)21(26)25-17-4-2-3-16(22)14-17/h2-10,13-14H,11-12H2,1H3,(H,23,24)(H,25,26). The van der Waals surface area contributed by atoms with Crippen molar-refractivity contribution in [1.82, 2.24) is 4.98 Å². The van der Waals surface area contributed by atoms with Gasteiger partial charge in [0.1, 0.15) is 29.7 Å². The molecule has 1 heterocycles. The summed E-state index contributed by atoms with van der Waals surface area (Å²) >= 11 is 0.